The first kappa shape index (κ1) is 13.6. The maximum atomic E-state index is 12.3. The molecule has 3 nitrogen and oxygen atoms in total. The van der Waals surface area contributed by atoms with Gasteiger partial charge in [0.05, 0.1) is 0 Å². The zero-order chi connectivity index (χ0) is 13.9. The summed E-state index contributed by atoms with van der Waals surface area (Å²) in [5.41, 5.74) is 2.10. The Bertz CT molecular complexity index is 460. The van der Waals surface area contributed by atoms with E-state index in [4.69, 9.17) is 0 Å². The second-order valence-electron chi connectivity index (χ2n) is 6.16. The van der Waals surface area contributed by atoms with Crippen LogP contribution in [0.1, 0.15) is 42.1 Å². The van der Waals surface area contributed by atoms with Crippen LogP contribution in [0.3, 0.4) is 0 Å². The van der Waals surface area contributed by atoms with Crippen molar-refractivity contribution in [2.24, 2.45) is 5.92 Å². The lowest BCUT2D eigenvalue weighted by atomic mass is 9.84. The minimum absolute atomic E-state index is 0.0896. The molecule has 0 spiro atoms. The van der Waals surface area contributed by atoms with Crippen molar-refractivity contribution in [3.05, 3.63) is 35.4 Å². The lowest BCUT2D eigenvalue weighted by Crippen LogP contribution is -2.57. The van der Waals surface area contributed by atoms with Gasteiger partial charge in [0.2, 0.25) is 0 Å². The van der Waals surface area contributed by atoms with Gasteiger partial charge in [-0.2, -0.15) is 0 Å². The van der Waals surface area contributed by atoms with Gasteiger partial charge in [0.1, 0.15) is 0 Å². The van der Waals surface area contributed by atoms with E-state index in [2.05, 4.69) is 29.3 Å². The summed E-state index contributed by atoms with van der Waals surface area (Å²) >= 11 is 0. The van der Waals surface area contributed by atoms with Crippen molar-refractivity contribution in [2.45, 2.75) is 38.6 Å². The molecule has 4 rings (SSSR count). The molecule has 0 aliphatic carbocycles. The molecule has 3 heteroatoms. The number of fused-ring (bicyclic) bond motifs is 3. The molecule has 2 bridgehead atoms. The van der Waals surface area contributed by atoms with Crippen LogP contribution < -0.4 is 5.32 Å². The number of benzene rings is 1. The fraction of sp³-hybridized carbons (Fsp3) is 0.588. The minimum atomic E-state index is 0.0896. The molecule has 3 fully saturated rings. The number of piperidine rings is 3. The number of carbonyl (C=O) groups excluding carboxylic acids is 1. The summed E-state index contributed by atoms with van der Waals surface area (Å²) in [4.78, 5) is 14.8. The number of nitrogens with zero attached hydrogens (tertiary/aromatic N) is 1. The second-order valence-corrected chi connectivity index (χ2v) is 6.16. The smallest absolute Gasteiger partial charge is 0.251 e. The van der Waals surface area contributed by atoms with Crippen LogP contribution in [0.5, 0.6) is 0 Å². The molecule has 1 atom stereocenters. The Labute approximate surface area is 121 Å². The maximum absolute atomic E-state index is 12.3. The van der Waals surface area contributed by atoms with Gasteiger partial charge < -0.3 is 10.2 Å². The summed E-state index contributed by atoms with van der Waals surface area (Å²) in [7, 11) is 0. The predicted octanol–water partition coefficient (Wildman–Crippen LogP) is 2.46. The first-order chi connectivity index (χ1) is 9.76. The summed E-state index contributed by atoms with van der Waals surface area (Å²) in [6, 6.07) is 8.42. The zero-order valence-electron chi connectivity index (χ0n) is 12.3. The van der Waals surface area contributed by atoms with Crippen molar-refractivity contribution in [2.75, 3.05) is 19.6 Å². The highest BCUT2D eigenvalue weighted by Crippen LogP contribution is 2.27. The number of aryl methyl sites for hydroxylation is 1. The van der Waals surface area contributed by atoms with Gasteiger partial charge in [0, 0.05) is 18.2 Å². The van der Waals surface area contributed by atoms with Crippen LogP contribution in [0.25, 0.3) is 0 Å². The Morgan fingerprint density at radius 1 is 1.25 bits per heavy atom. The van der Waals surface area contributed by atoms with Gasteiger partial charge in [0.15, 0.2) is 0 Å². The lowest BCUT2D eigenvalue weighted by molar-refractivity contribution is 0.0620. The molecule has 0 saturated carbocycles. The molecule has 3 aliphatic heterocycles. The first-order valence-electron chi connectivity index (χ1n) is 7.88. The van der Waals surface area contributed by atoms with Gasteiger partial charge in [-0.3, -0.25) is 4.79 Å². The van der Waals surface area contributed by atoms with Crippen molar-refractivity contribution in [3.63, 3.8) is 0 Å². The molecule has 1 amide bonds. The number of rotatable bonds is 4. The van der Waals surface area contributed by atoms with E-state index >= 15 is 0 Å². The van der Waals surface area contributed by atoms with Gasteiger partial charge in [-0.25, -0.2) is 0 Å². The van der Waals surface area contributed by atoms with E-state index in [9.17, 15) is 4.79 Å². The Morgan fingerprint density at radius 2 is 1.95 bits per heavy atom. The number of hydrogen-bond donors (Lipinski definition) is 1. The van der Waals surface area contributed by atoms with E-state index in [0.29, 0.717) is 12.0 Å². The molecule has 3 saturated heterocycles. The van der Waals surface area contributed by atoms with Gasteiger partial charge in [0.25, 0.3) is 5.91 Å². The summed E-state index contributed by atoms with van der Waals surface area (Å²) in [5.74, 6) is 0.773. The molecular formula is C17H24N2O. The highest BCUT2D eigenvalue weighted by molar-refractivity contribution is 5.94. The average Bonchev–Trinajstić information content (AvgIpc) is 2.49. The van der Waals surface area contributed by atoms with Crippen LogP contribution in [-0.4, -0.2) is 36.5 Å². The van der Waals surface area contributed by atoms with Crippen LogP contribution >= 0.6 is 0 Å². The van der Waals surface area contributed by atoms with E-state index < -0.39 is 0 Å². The van der Waals surface area contributed by atoms with E-state index in [0.717, 1.165) is 24.9 Å². The van der Waals surface area contributed by atoms with Crippen molar-refractivity contribution in [3.8, 4) is 0 Å². The number of nitrogens with one attached hydrogen (secondary N) is 1. The topological polar surface area (TPSA) is 32.3 Å². The van der Waals surface area contributed by atoms with Crippen molar-refractivity contribution >= 4 is 5.91 Å². The molecule has 20 heavy (non-hydrogen) atoms. The van der Waals surface area contributed by atoms with Gasteiger partial charge >= 0.3 is 0 Å². The molecule has 1 aromatic carbocycles. The summed E-state index contributed by atoms with van der Waals surface area (Å²) in [5, 5.41) is 3.24. The van der Waals surface area contributed by atoms with Crippen LogP contribution in [0.2, 0.25) is 0 Å². The van der Waals surface area contributed by atoms with Gasteiger partial charge in [-0.15, -0.1) is 0 Å². The SMILES string of the molecule is CCCc1ccc(C(=O)N[C@H]2CN3CCC2CC3)cc1. The van der Waals surface area contributed by atoms with E-state index in [1.807, 2.05) is 12.1 Å². The highest BCUT2D eigenvalue weighted by atomic mass is 16.1. The largest absolute Gasteiger partial charge is 0.348 e. The Hall–Kier alpha value is -1.35. The normalized spacial score (nSPS) is 28.4. The third-order valence-electron chi connectivity index (χ3n) is 4.73. The van der Waals surface area contributed by atoms with Crippen LogP contribution in [-0.2, 0) is 6.42 Å². The lowest BCUT2D eigenvalue weighted by Gasteiger charge is -2.44. The zero-order valence-corrected chi connectivity index (χ0v) is 12.3. The fourth-order valence-electron chi connectivity index (χ4n) is 3.49. The molecule has 108 valence electrons. The predicted molar refractivity (Wildman–Crippen MR) is 80.9 cm³/mol. The summed E-state index contributed by atoms with van der Waals surface area (Å²) in [6.45, 7) is 5.63. The summed E-state index contributed by atoms with van der Waals surface area (Å²) < 4.78 is 0. The maximum Gasteiger partial charge on any atom is 0.251 e. The standard InChI is InChI=1S/C17H24N2O/c1-2-3-13-4-6-15(7-5-13)17(20)18-16-12-19-10-8-14(16)9-11-19/h4-7,14,16H,2-3,8-12H2,1H3,(H,18,20)/t16-/m0/s1. The fourth-order valence-corrected chi connectivity index (χ4v) is 3.49. The monoisotopic (exact) mass is 272 g/mol. The number of amides is 1. The number of hydrogen-bond acceptors (Lipinski definition) is 2. The van der Waals surface area contributed by atoms with Crippen molar-refractivity contribution in [1.29, 1.82) is 0 Å². The van der Waals surface area contributed by atoms with E-state index in [1.54, 1.807) is 0 Å². The Balaban J connectivity index is 1.61. The van der Waals surface area contributed by atoms with Crippen molar-refractivity contribution < 1.29 is 4.79 Å². The molecule has 1 N–H and O–H groups in total. The van der Waals surface area contributed by atoms with Crippen molar-refractivity contribution in [1.82, 2.24) is 10.2 Å². The minimum Gasteiger partial charge on any atom is -0.348 e. The molecular weight excluding hydrogens is 248 g/mol. The quantitative estimate of drug-likeness (QED) is 0.913. The average molecular weight is 272 g/mol. The molecule has 3 heterocycles. The second kappa shape index (κ2) is 5.96. The van der Waals surface area contributed by atoms with Crippen LogP contribution in [0.4, 0.5) is 0 Å². The summed E-state index contributed by atoms with van der Waals surface area (Å²) in [6.07, 6.45) is 4.70. The third kappa shape index (κ3) is 2.88. The Morgan fingerprint density at radius 3 is 2.50 bits per heavy atom. The third-order valence-corrected chi connectivity index (χ3v) is 4.73. The van der Waals surface area contributed by atoms with E-state index in [-0.39, 0.29) is 5.91 Å². The molecule has 3 aliphatic rings. The number of carbonyl (C=O) groups is 1. The van der Waals surface area contributed by atoms with Gasteiger partial charge in [-0.1, -0.05) is 25.5 Å². The van der Waals surface area contributed by atoms with Crippen LogP contribution in [0, 0.1) is 5.92 Å². The molecule has 0 radical (unpaired) electrons. The Kier molecular flexibility index (Phi) is 4.06. The highest BCUT2D eigenvalue weighted by Gasteiger charge is 2.34. The molecule has 0 unspecified atom stereocenters. The molecule has 0 aromatic heterocycles. The van der Waals surface area contributed by atoms with Crippen LogP contribution in [0.15, 0.2) is 24.3 Å². The van der Waals surface area contributed by atoms with Gasteiger partial charge in [-0.05, 0) is 56.0 Å². The molecule has 1 aromatic rings. The first-order valence-corrected chi connectivity index (χ1v) is 7.88. The van der Waals surface area contributed by atoms with E-state index in [1.165, 1.54) is 31.5 Å².